The van der Waals surface area contributed by atoms with Crippen LogP contribution in [0.2, 0.25) is 0 Å². The Hall–Kier alpha value is -2.37. The zero-order valence-corrected chi connectivity index (χ0v) is 48.5. The Morgan fingerprint density at radius 2 is 0.514 bits per heavy atom. The van der Waals surface area contributed by atoms with Gasteiger partial charge in [-0.2, -0.15) is 0 Å². The van der Waals surface area contributed by atoms with Gasteiger partial charge in [-0.1, -0.05) is 295 Å². The molecular weight excluding hydrogens is 889 g/mol. The molecule has 6 nitrogen and oxygen atoms in total. The topological polar surface area (TPSA) is 78.9 Å². The van der Waals surface area contributed by atoms with Crippen LogP contribution in [0.3, 0.4) is 0 Å². The fourth-order valence-electron chi connectivity index (χ4n) is 9.52. The van der Waals surface area contributed by atoms with E-state index in [9.17, 15) is 14.4 Å². The standard InChI is InChI=1S/C66H122O6/c1-4-7-10-13-16-19-21-23-25-26-27-28-29-30-31-32-33-34-35-36-37-38-39-40-41-43-44-47-50-53-56-59-65(68)71-62-63(61-70-64(67)58-55-52-49-46-18-15-12-9-6-3)72-66(69)60-57-54-51-48-45-42-24-22-20-17-14-11-8-5-2/h14,17,22,24,26-27,63H,4-13,15-16,18-21,23,25,28-62H2,1-3H3/b17-14-,24-22-,27-26-. The van der Waals surface area contributed by atoms with Gasteiger partial charge in [-0.05, 0) is 70.6 Å². The number of unbranched alkanes of at least 4 members (excludes halogenated alkanes) is 42. The Bertz CT molecular complexity index is 1210. The molecule has 72 heavy (non-hydrogen) atoms. The van der Waals surface area contributed by atoms with E-state index in [0.29, 0.717) is 19.3 Å². The van der Waals surface area contributed by atoms with Crippen molar-refractivity contribution in [3.05, 3.63) is 36.5 Å². The van der Waals surface area contributed by atoms with Crippen LogP contribution in [0.15, 0.2) is 36.5 Å². The summed E-state index contributed by atoms with van der Waals surface area (Å²) >= 11 is 0. The van der Waals surface area contributed by atoms with Crippen molar-refractivity contribution < 1.29 is 28.6 Å². The first kappa shape index (κ1) is 69.6. The second kappa shape index (κ2) is 61.2. The first-order valence-corrected chi connectivity index (χ1v) is 32.0. The molecule has 0 amide bonds. The second-order valence-electron chi connectivity index (χ2n) is 21.7. The van der Waals surface area contributed by atoms with E-state index in [-0.39, 0.29) is 31.1 Å². The molecule has 0 aliphatic rings. The van der Waals surface area contributed by atoms with Crippen molar-refractivity contribution in [2.24, 2.45) is 0 Å². The molecule has 0 aromatic rings. The normalized spacial score (nSPS) is 12.2. The number of hydrogen-bond donors (Lipinski definition) is 0. The second-order valence-corrected chi connectivity index (χ2v) is 21.7. The zero-order chi connectivity index (χ0) is 52.2. The van der Waals surface area contributed by atoms with Crippen molar-refractivity contribution in [2.75, 3.05) is 13.2 Å². The van der Waals surface area contributed by atoms with Crippen LogP contribution in [0, 0.1) is 0 Å². The summed E-state index contributed by atoms with van der Waals surface area (Å²) in [4.78, 5) is 38.1. The van der Waals surface area contributed by atoms with Crippen LogP contribution in [-0.2, 0) is 28.6 Å². The Labute approximate surface area is 448 Å². The van der Waals surface area contributed by atoms with E-state index < -0.39 is 6.10 Å². The average molecular weight is 1010 g/mol. The van der Waals surface area contributed by atoms with Gasteiger partial charge in [-0.3, -0.25) is 14.4 Å². The first-order valence-electron chi connectivity index (χ1n) is 32.0. The summed E-state index contributed by atoms with van der Waals surface area (Å²) < 4.78 is 16.8. The highest BCUT2D eigenvalue weighted by molar-refractivity contribution is 5.71. The summed E-state index contributed by atoms with van der Waals surface area (Å²) in [5.41, 5.74) is 0. The van der Waals surface area contributed by atoms with Gasteiger partial charge in [0.05, 0.1) is 0 Å². The number of esters is 3. The summed E-state index contributed by atoms with van der Waals surface area (Å²) in [6, 6.07) is 0. The third kappa shape index (κ3) is 58.5. The molecule has 6 heteroatoms. The van der Waals surface area contributed by atoms with E-state index in [1.807, 2.05) is 0 Å². The van der Waals surface area contributed by atoms with E-state index in [0.717, 1.165) is 83.5 Å². The van der Waals surface area contributed by atoms with E-state index >= 15 is 0 Å². The lowest BCUT2D eigenvalue weighted by molar-refractivity contribution is -0.167. The lowest BCUT2D eigenvalue weighted by Gasteiger charge is -2.18. The lowest BCUT2D eigenvalue weighted by atomic mass is 10.0. The molecule has 0 N–H and O–H groups in total. The number of allylic oxidation sites excluding steroid dienone is 6. The fraction of sp³-hybridized carbons (Fsp3) is 0.864. The average Bonchev–Trinajstić information content (AvgIpc) is 3.38. The van der Waals surface area contributed by atoms with Crippen molar-refractivity contribution in [3.8, 4) is 0 Å². The Morgan fingerprint density at radius 1 is 0.278 bits per heavy atom. The Kier molecular flexibility index (Phi) is 59.2. The first-order chi connectivity index (χ1) is 35.5. The molecule has 0 radical (unpaired) electrons. The number of ether oxygens (including phenoxy) is 3. The predicted octanol–water partition coefficient (Wildman–Crippen LogP) is 21.6. The Balaban J connectivity index is 4.03. The van der Waals surface area contributed by atoms with Crippen molar-refractivity contribution in [2.45, 2.75) is 354 Å². The van der Waals surface area contributed by atoms with E-state index in [1.165, 1.54) is 225 Å². The third-order valence-corrected chi connectivity index (χ3v) is 14.4. The van der Waals surface area contributed by atoms with Gasteiger partial charge in [-0.15, -0.1) is 0 Å². The molecule has 0 saturated carbocycles. The SMILES string of the molecule is CCCC/C=C\C/C=C\CCCCCCCC(=O)OC(COC(=O)CCCCCCCCCCC)COC(=O)CCCCCCCCCCCCCCCCCCCCC/C=C\CCCCCCCCCC. The monoisotopic (exact) mass is 1010 g/mol. The molecule has 0 aliphatic heterocycles. The molecule has 0 saturated heterocycles. The van der Waals surface area contributed by atoms with Crippen molar-refractivity contribution in [3.63, 3.8) is 0 Å². The number of rotatable bonds is 59. The highest BCUT2D eigenvalue weighted by Gasteiger charge is 2.19. The van der Waals surface area contributed by atoms with Gasteiger partial charge in [0.1, 0.15) is 13.2 Å². The molecule has 0 fully saturated rings. The largest absolute Gasteiger partial charge is 0.462 e. The van der Waals surface area contributed by atoms with Gasteiger partial charge < -0.3 is 14.2 Å². The van der Waals surface area contributed by atoms with Crippen LogP contribution in [0.25, 0.3) is 0 Å². The molecule has 0 spiro atoms. The molecule has 1 unspecified atom stereocenters. The zero-order valence-electron chi connectivity index (χ0n) is 48.5. The van der Waals surface area contributed by atoms with Crippen LogP contribution in [-0.4, -0.2) is 37.2 Å². The van der Waals surface area contributed by atoms with Gasteiger partial charge in [-0.25, -0.2) is 0 Å². The van der Waals surface area contributed by atoms with Gasteiger partial charge in [0, 0.05) is 19.3 Å². The number of carbonyl (C=O) groups excluding carboxylic acids is 3. The molecule has 0 rings (SSSR count). The van der Waals surface area contributed by atoms with Gasteiger partial charge in [0.25, 0.3) is 0 Å². The predicted molar refractivity (Wildman–Crippen MR) is 312 cm³/mol. The summed E-state index contributed by atoms with van der Waals surface area (Å²) in [7, 11) is 0. The van der Waals surface area contributed by atoms with Crippen molar-refractivity contribution in [1.82, 2.24) is 0 Å². The van der Waals surface area contributed by atoms with E-state index in [4.69, 9.17) is 14.2 Å². The van der Waals surface area contributed by atoms with E-state index in [1.54, 1.807) is 0 Å². The van der Waals surface area contributed by atoms with E-state index in [2.05, 4.69) is 57.2 Å². The molecule has 0 bridgehead atoms. The van der Waals surface area contributed by atoms with Gasteiger partial charge >= 0.3 is 17.9 Å². The molecule has 0 aliphatic carbocycles. The molecule has 0 heterocycles. The van der Waals surface area contributed by atoms with Crippen LogP contribution < -0.4 is 0 Å². The molecule has 1 atom stereocenters. The van der Waals surface area contributed by atoms with Crippen molar-refractivity contribution >= 4 is 17.9 Å². The summed E-state index contributed by atoms with van der Waals surface area (Å²) in [6.45, 7) is 6.61. The third-order valence-electron chi connectivity index (χ3n) is 14.4. The number of carbonyl (C=O) groups is 3. The Morgan fingerprint density at radius 3 is 0.819 bits per heavy atom. The molecular formula is C66H122O6. The van der Waals surface area contributed by atoms with Crippen LogP contribution >= 0.6 is 0 Å². The highest BCUT2D eigenvalue weighted by atomic mass is 16.6. The summed E-state index contributed by atoms with van der Waals surface area (Å²) in [6.07, 6.45) is 74.7. The van der Waals surface area contributed by atoms with Gasteiger partial charge in [0.2, 0.25) is 0 Å². The quantitative estimate of drug-likeness (QED) is 0.0261. The summed E-state index contributed by atoms with van der Waals surface area (Å²) in [5.74, 6) is -0.872. The number of hydrogen-bond acceptors (Lipinski definition) is 6. The minimum absolute atomic E-state index is 0.0734. The lowest BCUT2D eigenvalue weighted by Crippen LogP contribution is -2.30. The fourth-order valence-corrected chi connectivity index (χ4v) is 9.52. The smallest absolute Gasteiger partial charge is 0.306 e. The molecule has 0 aromatic heterocycles. The minimum atomic E-state index is -0.774. The van der Waals surface area contributed by atoms with Crippen LogP contribution in [0.4, 0.5) is 0 Å². The summed E-state index contributed by atoms with van der Waals surface area (Å²) in [5, 5.41) is 0. The highest BCUT2D eigenvalue weighted by Crippen LogP contribution is 2.17. The van der Waals surface area contributed by atoms with Gasteiger partial charge in [0.15, 0.2) is 6.10 Å². The maximum Gasteiger partial charge on any atom is 0.306 e. The maximum absolute atomic E-state index is 12.8. The molecule has 0 aromatic carbocycles. The van der Waals surface area contributed by atoms with Crippen LogP contribution in [0.5, 0.6) is 0 Å². The van der Waals surface area contributed by atoms with Crippen LogP contribution in [0.1, 0.15) is 348 Å². The minimum Gasteiger partial charge on any atom is -0.462 e. The van der Waals surface area contributed by atoms with Crippen molar-refractivity contribution in [1.29, 1.82) is 0 Å². The maximum atomic E-state index is 12.8. The molecule has 422 valence electrons.